The van der Waals surface area contributed by atoms with Crippen LogP contribution in [0.3, 0.4) is 0 Å². The Kier molecular flexibility index (Phi) is 4.82. The topological polar surface area (TPSA) is 29.1 Å². The number of hydrogen-bond donors (Lipinski definition) is 1. The average molecular weight is 270 g/mol. The van der Waals surface area contributed by atoms with Crippen LogP contribution >= 0.6 is 15.9 Å². The highest BCUT2D eigenvalue weighted by Crippen LogP contribution is 2.11. The van der Waals surface area contributed by atoms with Crippen LogP contribution < -0.4 is 5.32 Å². The number of rotatable bonds is 4. The number of carbonyl (C=O) groups excluding carboxylic acids is 1. The molecule has 1 aromatic rings. The lowest BCUT2D eigenvalue weighted by Crippen LogP contribution is -2.29. The number of benzene rings is 1. The molecule has 0 atom stereocenters. The van der Waals surface area contributed by atoms with Crippen LogP contribution in [-0.4, -0.2) is 12.5 Å². The summed E-state index contributed by atoms with van der Waals surface area (Å²) in [5.74, 6) is 0.178. The van der Waals surface area contributed by atoms with Gasteiger partial charge in [-0.15, -0.1) is 0 Å². The van der Waals surface area contributed by atoms with E-state index in [0.29, 0.717) is 6.54 Å². The van der Waals surface area contributed by atoms with E-state index in [1.54, 1.807) is 0 Å². The Balaban J connectivity index is 2.35. The third-order valence-electron chi connectivity index (χ3n) is 2.13. The van der Waals surface area contributed by atoms with E-state index in [1.807, 2.05) is 26.0 Å². The quantitative estimate of drug-likeness (QED) is 0.895. The van der Waals surface area contributed by atoms with E-state index in [9.17, 15) is 4.79 Å². The van der Waals surface area contributed by atoms with Gasteiger partial charge in [0.15, 0.2) is 0 Å². The maximum Gasteiger partial charge on any atom is 0.222 e. The van der Waals surface area contributed by atoms with Crippen molar-refractivity contribution in [1.82, 2.24) is 5.32 Å². The smallest absolute Gasteiger partial charge is 0.222 e. The Morgan fingerprint density at radius 1 is 1.47 bits per heavy atom. The first-order valence-electron chi connectivity index (χ1n) is 5.11. The molecule has 0 radical (unpaired) electrons. The van der Waals surface area contributed by atoms with Gasteiger partial charge in [0.05, 0.1) is 0 Å². The lowest BCUT2D eigenvalue weighted by atomic mass is 10.1. The molecular weight excluding hydrogens is 254 g/mol. The Morgan fingerprint density at radius 2 is 2.20 bits per heavy atom. The lowest BCUT2D eigenvalue weighted by molar-refractivity contribution is -0.123. The van der Waals surface area contributed by atoms with Gasteiger partial charge < -0.3 is 5.32 Å². The largest absolute Gasteiger partial charge is 0.356 e. The number of amides is 1. The van der Waals surface area contributed by atoms with E-state index >= 15 is 0 Å². The highest BCUT2D eigenvalue weighted by molar-refractivity contribution is 9.10. The summed E-state index contributed by atoms with van der Waals surface area (Å²) in [6.07, 6.45) is 0.873. The van der Waals surface area contributed by atoms with Gasteiger partial charge in [-0.3, -0.25) is 4.79 Å². The highest BCUT2D eigenvalue weighted by Gasteiger charge is 2.04. The summed E-state index contributed by atoms with van der Waals surface area (Å²) < 4.78 is 1.08. The number of hydrogen-bond acceptors (Lipinski definition) is 1. The molecular formula is C12H16BrNO. The van der Waals surface area contributed by atoms with Gasteiger partial charge in [-0.2, -0.15) is 0 Å². The first-order valence-corrected chi connectivity index (χ1v) is 5.91. The van der Waals surface area contributed by atoms with E-state index in [4.69, 9.17) is 0 Å². The van der Waals surface area contributed by atoms with E-state index in [1.165, 1.54) is 5.56 Å². The fourth-order valence-electron chi connectivity index (χ4n) is 1.23. The fourth-order valence-corrected chi connectivity index (χ4v) is 1.67. The summed E-state index contributed by atoms with van der Waals surface area (Å²) in [7, 11) is 0. The van der Waals surface area contributed by atoms with E-state index in [-0.39, 0.29) is 11.8 Å². The molecule has 0 aromatic heterocycles. The third kappa shape index (κ3) is 4.47. The second-order valence-corrected chi connectivity index (χ2v) is 4.74. The Morgan fingerprint density at radius 3 is 2.80 bits per heavy atom. The minimum absolute atomic E-state index is 0.0625. The fraction of sp³-hybridized carbons (Fsp3) is 0.417. The summed E-state index contributed by atoms with van der Waals surface area (Å²) in [5.41, 5.74) is 1.23. The first-order chi connectivity index (χ1) is 7.09. The molecule has 0 bridgehead atoms. The molecule has 1 aromatic carbocycles. The summed E-state index contributed by atoms with van der Waals surface area (Å²) in [6.45, 7) is 4.50. The van der Waals surface area contributed by atoms with Crippen molar-refractivity contribution in [1.29, 1.82) is 0 Å². The van der Waals surface area contributed by atoms with Gasteiger partial charge in [-0.25, -0.2) is 0 Å². The first kappa shape index (κ1) is 12.2. The molecule has 0 aliphatic carbocycles. The molecule has 0 saturated carbocycles. The molecule has 82 valence electrons. The van der Waals surface area contributed by atoms with Crippen molar-refractivity contribution in [2.24, 2.45) is 5.92 Å². The standard InChI is InChI=1S/C12H16BrNO/c1-9(2)12(15)14-7-6-10-4-3-5-11(13)8-10/h3-5,8-9H,6-7H2,1-2H3,(H,14,15). The number of carbonyl (C=O) groups is 1. The zero-order valence-electron chi connectivity index (χ0n) is 9.09. The monoisotopic (exact) mass is 269 g/mol. The minimum Gasteiger partial charge on any atom is -0.356 e. The Hall–Kier alpha value is -0.830. The van der Waals surface area contributed by atoms with Gasteiger partial charge >= 0.3 is 0 Å². The maximum absolute atomic E-state index is 11.3. The normalized spacial score (nSPS) is 10.4. The summed E-state index contributed by atoms with van der Waals surface area (Å²) in [6, 6.07) is 8.13. The van der Waals surface area contributed by atoms with Crippen molar-refractivity contribution in [2.75, 3.05) is 6.54 Å². The van der Waals surface area contributed by atoms with Crippen LogP contribution in [0.5, 0.6) is 0 Å². The number of halogens is 1. The molecule has 0 heterocycles. The molecule has 1 N–H and O–H groups in total. The van der Waals surface area contributed by atoms with E-state index in [2.05, 4.69) is 33.4 Å². The molecule has 3 heteroatoms. The molecule has 1 amide bonds. The summed E-state index contributed by atoms with van der Waals surface area (Å²) >= 11 is 3.42. The summed E-state index contributed by atoms with van der Waals surface area (Å²) in [4.78, 5) is 11.3. The van der Waals surface area contributed by atoms with Crippen molar-refractivity contribution in [3.05, 3.63) is 34.3 Å². The van der Waals surface area contributed by atoms with E-state index in [0.717, 1.165) is 10.9 Å². The molecule has 2 nitrogen and oxygen atoms in total. The van der Waals surface area contributed by atoms with Crippen LogP contribution in [-0.2, 0) is 11.2 Å². The minimum atomic E-state index is 0.0625. The molecule has 0 aliphatic heterocycles. The average Bonchev–Trinajstić information content (AvgIpc) is 2.17. The zero-order valence-corrected chi connectivity index (χ0v) is 10.7. The Labute approximate surface area is 99.2 Å². The van der Waals surface area contributed by atoms with Gasteiger partial charge in [0.1, 0.15) is 0 Å². The SMILES string of the molecule is CC(C)C(=O)NCCc1cccc(Br)c1. The molecule has 0 aliphatic rings. The second kappa shape index (κ2) is 5.91. The summed E-state index contributed by atoms with van der Waals surface area (Å²) in [5, 5.41) is 2.90. The van der Waals surface area contributed by atoms with Gasteiger partial charge in [0.2, 0.25) is 5.91 Å². The predicted octanol–water partition coefficient (Wildman–Crippen LogP) is 2.76. The van der Waals surface area contributed by atoms with Gasteiger partial charge in [-0.05, 0) is 24.1 Å². The maximum atomic E-state index is 11.3. The van der Waals surface area contributed by atoms with Crippen LogP contribution in [0.1, 0.15) is 19.4 Å². The predicted molar refractivity (Wildman–Crippen MR) is 65.7 cm³/mol. The van der Waals surface area contributed by atoms with Crippen molar-refractivity contribution in [2.45, 2.75) is 20.3 Å². The zero-order chi connectivity index (χ0) is 11.3. The van der Waals surface area contributed by atoms with Gasteiger partial charge in [0, 0.05) is 16.9 Å². The van der Waals surface area contributed by atoms with Crippen molar-refractivity contribution < 1.29 is 4.79 Å². The molecule has 0 fully saturated rings. The van der Waals surface area contributed by atoms with Crippen LogP contribution in [0.2, 0.25) is 0 Å². The van der Waals surface area contributed by atoms with Crippen molar-refractivity contribution in [3.8, 4) is 0 Å². The molecule has 0 unspecified atom stereocenters. The molecule has 0 spiro atoms. The van der Waals surface area contributed by atoms with Crippen molar-refractivity contribution >= 4 is 21.8 Å². The van der Waals surface area contributed by atoms with Crippen LogP contribution in [0.15, 0.2) is 28.7 Å². The Bertz CT molecular complexity index is 336. The van der Waals surface area contributed by atoms with Crippen LogP contribution in [0.25, 0.3) is 0 Å². The van der Waals surface area contributed by atoms with E-state index < -0.39 is 0 Å². The lowest BCUT2D eigenvalue weighted by Gasteiger charge is -2.07. The van der Waals surface area contributed by atoms with Gasteiger partial charge in [-0.1, -0.05) is 41.9 Å². The molecule has 15 heavy (non-hydrogen) atoms. The molecule has 1 rings (SSSR count). The van der Waals surface area contributed by atoms with Crippen LogP contribution in [0, 0.1) is 5.92 Å². The van der Waals surface area contributed by atoms with Crippen molar-refractivity contribution in [3.63, 3.8) is 0 Å². The molecule has 0 saturated heterocycles. The second-order valence-electron chi connectivity index (χ2n) is 3.83. The highest BCUT2D eigenvalue weighted by atomic mass is 79.9. The van der Waals surface area contributed by atoms with Gasteiger partial charge in [0.25, 0.3) is 0 Å². The number of nitrogens with one attached hydrogen (secondary N) is 1. The van der Waals surface area contributed by atoms with Crippen LogP contribution in [0.4, 0.5) is 0 Å². The third-order valence-corrected chi connectivity index (χ3v) is 2.62.